The van der Waals surface area contributed by atoms with E-state index in [4.69, 9.17) is 27.9 Å². The maximum Gasteiger partial charge on any atom is 0.387 e. The third-order valence-electron chi connectivity index (χ3n) is 3.34. The van der Waals surface area contributed by atoms with Gasteiger partial charge in [-0.3, -0.25) is 4.79 Å². The van der Waals surface area contributed by atoms with Gasteiger partial charge in [0, 0.05) is 11.3 Å². The number of unbranched alkanes of at least 4 members (excludes halogenated alkanes) is 1. The topological polar surface area (TPSA) is 47.6 Å². The lowest BCUT2D eigenvalue weighted by Crippen LogP contribution is -2.12. The van der Waals surface area contributed by atoms with Crippen LogP contribution in [0.15, 0.2) is 36.4 Å². The Hall–Kier alpha value is -2.05. The van der Waals surface area contributed by atoms with E-state index < -0.39 is 12.5 Å². The summed E-state index contributed by atoms with van der Waals surface area (Å²) in [6.07, 6.45) is 1.83. The van der Waals surface area contributed by atoms with Gasteiger partial charge in [0.25, 0.3) is 5.91 Å². The van der Waals surface area contributed by atoms with E-state index in [9.17, 15) is 13.6 Å². The van der Waals surface area contributed by atoms with E-state index in [1.165, 1.54) is 36.4 Å². The van der Waals surface area contributed by atoms with Gasteiger partial charge < -0.3 is 14.8 Å². The van der Waals surface area contributed by atoms with Gasteiger partial charge in [-0.05, 0) is 42.8 Å². The van der Waals surface area contributed by atoms with Crippen LogP contribution in [0.5, 0.6) is 11.5 Å². The zero-order valence-electron chi connectivity index (χ0n) is 13.9. The molecule has 0 saturated carbocycles. The molecule has 0 fully saturated rings. The van der Waals surface area contributed by atoms with Crippen molar-refractivity contribution in [2.24, 2.45) is 0 Å². The quantitative estimate of drug-likeness (QED) is 0.547. The molecule has 2 aromatic rings. The molecule has 4 nitrogen and oxygen atoms in total. The molecular formula is C18H17Cl2F2NO3. The fourth-order valence-electron chi connectivity index (χ4n) is 2.07. The van der Waals surface area contributed by atoms with E-state index in [0.717, 1.165) is 12.8 Å². The number of carbonyl (C=O) groups is 1. The predicted molar refractivity (Wildman–Crippen MR) is 97.9 cm³/mol. The summed E-state index contributed by atoms with van der Waals surface area (Å²) in [6.45, 7) is -0.390. The zero-order valence-corrected chi connectivity index (χ0v) is 15.4. The minimum atomic E-state index is -2.90. The minimum Gasteiger partial charge on any atom is -0.490 e. The van der Waals surface area contributed by atoms with E-state index in [0.29, 0.717) is 18.0 Å². The standard InChI is InChI=1S/C18H17Cl2F2NO3/c1-2-3-8-25-16-14(19)9-11(10-15(16)20)17(24)23-12-4-6-13(7-5-12)26-18(21)22/h4-7,9-10,18H,2-3,8H2,1H3,(H,23,24). The summed E-state index contributed by atoms with van der Waals surface area (Å²) < 4.78 is 34.0. The van der Waals surface area contributed by atoms with Gasteiger partial charge in [0.1, 0.15) is 5.75 Å². The van der Waals surface area contributed by atoms with Crippen molar-refractivity contribution in [1.82, 2.24) is 0 Å². The fraction of sp³-hybridized carbons (Fsp3) is 0.278. The van der Waals surface area contributed by atoms with Crippen molar-refractivity contribution < 1.29 is 23.0 Å². The summed E-state index contributed by atoms with van der Waals surface area (Å²) >= 11 is 12.3. The van der Waals surface area contributed by atoms with Gasteiger partial charge in [-0.25, -0.2) is 0 Å². The number of nitrogens with one attached hydrogen (secondary N) is 1. The van der Waals surface area contributed by atoms with Crippen LogP contribution in [0.4, 0.5) is 14.5 Å². The Morgan fingerprint density at radius 1 is 1.15 bits per heavy atom. The summed E-state index contributed by atoms with van der Waals surface area (Å²) in [7, 11) is 0. The molecule has 0 atom stereocenters. The molecule has 0 radical (unpaired) electrons. The van der Waals surface area contributed by atoms with E-state index in [1.807, 2.05) is 6.92 Å². The molecule has 140 valence electrons. The van der Waals surface area contributed by atoms with E-state index >= 15 is 0 Å². The molecule has 0 heterocycles. The Morgan fingerprint density at radius 3 is 2.31 bits per heavy atom. The highest BCUT2D eigenvalue weighted by Crippen LogP contribution is 2.34. The molecule has 0 saturated heterocycles. The van der Waals surface area contributed by atoms with Crippen LogP contribution in [0, 0.1) is 0 Å². The van der Waals surface area contributed by atoms with E-state index in [-0.39, 0.29) is 21.4 Å². The van der Waals surface area contributed by atoms with Crippen LogP contribution in [0.2, 0.25) is 10.0 Å². The van der Waals surface area contributed by atoms with Crippen LogP contribution < -0.4 is 14.8 Å². The summed E-state index contributed by atoms with van der Waals surface area (Å²) in [4.78, 5) is 12.3. The van der Waals surface area contributed by atoms with Crippen LogP contribution in [0.1, 0.15) is 30.1 Å². The van der Waals surface area contributed by atoms with Gasteiger partial charge in [0.15, 0.2) is 5.75 Å². The van der Waals surface area contributed by atoms with Crippen molar-refractivity contribution in [2.75, 3.05) is 11.9 Å². The highest BCUT2D eigenvalue weighted by atomic mass is 35.5. The first-order chi connectivity index (χ1) is 12.4. The monoisotopic (exact) mass is 403 g/mol. The van der Waals surface area contributed by atoms with Gasteiger partial charge in [-0.15, -0.1) is 0 Å². The van der Waals surface area contributed by atoms with Crippen LogP contribution in [0.3, 0.4) is 0 Å². The minimum absolute atomic E-state index is 0.00216. The first kappa shape index (κ1) is 20.3. The molecule has 0 aliphatic carbocycles. The van der Waals surface area contributed by atoms with E-state index in [1.54, 1.807) is 0 Å². The molecule has 2 aromatic carbocycles. The van der Waals surface area contributed by atoms with Crippen LogP contribution in [-0.2, 0) is 0 Å². The highest BCUT2D eigenvalue weighted by Gasteiger charge is 2.14. The largest absolute Gasteiger partial charge is 0.490 e. The second-order valence-electron chi connectivity index (χ2n) is 5.33. The third-order valence-corrected chi connectivity index (χ3v) is 3.90. The van der Waals surface area contributed by atoms with E-state index in [2.05, 4.69) is 10.1 Å². The first-order valence-corrected chi connectivity index (χ1v) is 8.64. The SMILES string of the molecule is CCCCOc1c(Cl)cc(C(=O)Nc2ccc(OC(F)F)cc2)cc1Cl. The van der Waals surface area contributed by atoms with Crippen molar-refractivity contribution in [3.63, 3.8) is 0 Å². The molecule has 0 bridgehead atoms. The number of ether oxygens (including phenoxy) is 2. The average molecular weight is 404 g/mol. The number of hydrogen-bond acceptors (Lipinski definition) is 3. The van der Waals surface area contributed by atoms with Crippen molar-refractivity contribution in [3.05, 3.63) is 52.0 Å². The Labute approximate surface area is 160 Å². The maximum absolute atomic E-state index is 12.3. The molecule has 0 aliphatic rings. The second-order valence-corrected chi connectivity index (χ2v) is 6.14. The zero-order chi connectivity index (χ0) is 19.1. The number of carbonyl (C=O) groups excluding carboxylic acids is 1. The number of benzene rings is 2. The van der Waals surface area contributed by atoms with Crippen LogP contribution in [-0.4, -0.2) is 19.1 Å². The third kappa shape index (κ3) is 5.75. The highest BCUT2D eigenvalue weighted by molar-refractivity contribution is 6.37. The van der Waals surface area contributed by atoms with Gasteiger partial charge >= 0.3 is 6.61 Å². The number of rotatable bonds is 8. The summed E-state index contributed by atoms with van der Waals surface area (Å²) in [5.41, 5.74) is 0.655. The number of halogens is 4. The van der Waals surface area contributed by atoms with Crippen LogP contribution >= 0.6 is 23.2 Å². The maximum atomic E-state index is 12.3. The Kier molecular flexibility index (Phi) is 7.48. The molecule has 0 spiro atoms. The molecule has 1 amide bonds. The van der Waals surface area contributed by atoms with Gasteiger partial charge in [0.05, 0.1) is 16.7 Å². The first-order valence-electron chi connectivity index (χ1n) is 7.88. The number of amides is 1. The smallest absolute Gasteiger partial charge is 0.387 e. The summed E-state index contributed by atoms with van der Waals surface area (Å²) in [6, 6.07) is 8.46. The predicted octanol–water partition coefficient (Wildman–Crippen LogP) is 6.03. The molecule has 0 aliphatic heterocycles. The van der Waals surface area contributed by atoms with Crippen molar-refractivity contribution in [2.45, 2.75) is 26.4 Å². The number of anilines is 1. The molecular weight excluding hydrogens is 387 g/mol. The fourth-order valence-corrected chi connectivity index (χ4v) is 2.67. The molecule has 1 N–H and O–H groups in total. The second kappa shape index (κ2) is 9.59. The lowest BCUT2D eigenvalue weighted by atomic mass is 10.2. The molecule has 2 rings (SSSR count). The van der Waals surface area contributed by atoms with Crippen LogP contribution in [0.25, 0.3) is 0 Å². The molecule has 26 heavy (non-hydrogen) atoms. The molecule has 8 heteroatoms. The lowest BCUT2D eigenvalue weighted by Gasteiger charge is -2.12. The lowest BCUT2D eigenvalue weighted by molar-refractivity contribution is -0.0498. The van der Waals surface area contributed by atoms with Gasteiger partial charge in [0.2, 0.25) is 0 Å². The van der Waals surface area contributed by atoms with Gasteiger partial charge in [-0.2, -0.15) is 8.78 Å². The van der Waals surface area contributed by atoms with Crippen molar-refractivity contribution in [3.8, 4) is 11.5 Å². The Bertz CT molecular complexity index is 732. The Balaban J connectivity index is 2.07. The number of hydrogen-bond donors (Lipinski definition) is 1. The molecule has 0 aromatic heterocycles. The normalized spacial score (nSPS) is 10.7. The summed E-state index contributed by atoms with van der Waals surface area (Å²) in [5.74, 6) is -0.110. The summed E-state index contributed by atoms with van der Waals surface area (Å²) in [5, 5.41) is 3.10. The molecule has 0 unspecified atom stereocenters. The Morgan fingerprint density at radius 2 is 1.77 bits per heavy atom. The number of alkyl halides is 2. The van der Waals surface area contributed by atoms with Gasteiger partial charge in [-0.1, -0.05) is 36.5 Å². The van der Waals surface area contributed by atoms with Crippen molar-refractivity contribution in [1.29, 1.82) is 0 Å². The van der Waals surface area contributed by atoms with Crippen molar-refractivity contribution >= 4 is 34.8 Å². The average Bonchev–Trinajstić information content (AvgIpc) is 2.58.